The molecule has 0 saturated carbocycles. The Balaban J connectivity index is 2.37. The zero-order valence-electron chi connectivity index (χ0n) is 9.02. The lowest BCUT2D eigenvalue weighted by molar-refractivity contribution is 0.628. The van der Waals surface area contributed by atoms with Gasteiger partial charge in [-0.2, -0.15) is 5.10 Å². The van der Waals surface area contributed by atoms with Crippen molar-refractivity contribution >= 4 is 40.3 Å². The van der Waals surface area contributed by atoms with Crippen LogP contribution in [0.1, 0.15) is 5.56 Å². The van der Waals surface area contributed by atoms with Gasteiger partial charge in [0, 0.05) is 0 Å². The number of rotatable bonds is 3. The summed E-state index contributed by atoms with van der Waals surface area (Å²) in [5.41, 5.74) is 6.60. The van der Waals surface area contributed by atoms with Crippen LogP contribution < -0.4 is 11.1 Å². The van der Waals surface area contributed by atoms with E-state index in [1.807, 2.05) is 0 Å². The molecule has 92 valence electrons. The molecule has 0 unspecified atom stereocenters. The van der Waals surface area contributed by atoms with Crippen molar-refractivity contribution in [1.29, 1.82) is 0 Å². The predicted molar refractivity (Wildman–Crippen MR) is 72.6 cm³/mol. The molecule has 2 aromatic rings. The molecule has 1 aromatic heterocycles. The van der Waals surface area contributed by atoms with E-state index in [0.29, 0.717) is 17.1 Å². The van der Waals surface area contributed by atoms with E-state index < -0.39 is 5.82 Å². The second kappa shape index (κ2) is 5.24. The second-order valence-electron chi connectivity index (χ2n) is 3.41. The normalized spacial score (nSPS) is 10.1. The Labute approximate surface area is 113 Å². The third-order valence-electron chi connectivity index (χ3n) is 2.17. The van der Waals surface area contributed by atoms with Crippen molar-refractivity contribution in [3.63, 3.8) is 0 Å². The van der Waals surface area contributed by atoms with Crippen molar-refractivity contribution in [2.24, 2.45) is 5.73 Å². The van der Waals surface area contributed by atoms with Crippen LogP contribution in [0.15, 0.2) is 30.5 Å². The van der Waals surface area contributed by atoms with Gasteiger partial charge in [-0.3, -0.25) is 0 Å². The number of thiocarbonyl (C=S) groups is 1. The van der Waals surface area contributed by atoms with Gasteiger partial charge >= 0.3 is 0 Å². The molecule has 18 heavy (non-hydrogen) atoms. The molecule has 0 spiro atoms. The Morgan fingerprint density at radius 2 is 2.17 bits per heavy atom. The summed E-state index contributed by atoms with van der Waals surface area (Å²) in [6, 6.07) is 5.61. The summed E-state index contributed by atoms with van der Waals surface area (Å²) in [7, 11) is 0. The highest BCUT2D eigenvalue weighted by molar-refractivity contribution is 7.80. The zero-order chi connectivity index (χ0) is 13.1. The lowest BCUT2D eigenvalue weighted by atomic mass is 10.2. The highest BCUT2D eigenvalue weighted by Crippen LogP contribution is 2.26. The van der Waals surface area contributed by atoms with E-state index in [2.05, 4.69) is 15.5 Å². The van der Waals surface area contributed by atoms with E-state index >= 15 is 0 Å². The molecule has 0 atom stereocenters. The van der Waals surface area contributed by atoms with Crippen molar-refractivity contribution in [3.05, 3.63) is 46.9 Å². The van der Waals surface area contributed by atoms with Gasteiger partial charge in [0.2, 0.25) is 0 Å². The van der Waals surface area contributed by atoms with Crippen LogP contribution in [0.3, 0.4) is 0 Å². The van der Waals surface area contributed by atoms with Crippen LogP contribution in [0.25, 0.3) is 0 Å². The average molecular weight is 283 g/mol. The molecule has 1 aromatic carbocycles. The molecule has 0 radical (unpaired) electrons. The Morgan fingerprint density at radius 1 is 1.39 bits per heavy atom. The van der Waals surface area contributed by atoms with Gasteiger partial charge in [0.05, 0.1) is 22.5 Å². The molecule has 0 amide bonds. The smallest absolute Gasteiger partial charge is 0.163 e. The minimum Gasteiger partial charge on any atom is -0.389 e. The quantitative estimate of drug-likeness (QED) is 0.848. The van der Waals surface area contributed by atoms with Crippen molar-refractivity contribution in [2.75, 3.05) is 5.32 Å². The maximum Gasteiger partial charge on any atom is 0.163 e. The standard InChI is InChI=1S/C11H8ClFN4S/c12-8-5-6(13)1-2-9(8)16-11-7(10(14)18)3-4-15-17-11/h1-5H,(H2,14,18)(H,16,17). The summed E-state index contributed by atoms with van der Waals surface area (Å²) in [6.45, 7) is 0. The summed E-state index contributed by atoms with van der Waals surface area (Å²) in [4.78, 5) is 0.186. The number of nitrogens with one attached hydrogen (secondary N) is 1. The summed E-state index contributed by atoms with van der Waals surface area (Å²) < 4.78 is 12.9. The first-order chi connectivity index (χ1) is 8.58. The molecular formula is C11H8ClFN4S. The van der Waals surface area contributed by atoms with E-state index in [-0.39, 0.29) is 10.0 Å². The Kier molecular flexibility index (Phi) is 3.69. The molecule has 7 heteroatoms. The third-order valence-corrected chi connectivity index (χ3v) is 2.70. The fraction of sp³-hybridized carbons (Fsp3) is 0. The van der Waals surface area contributed by atoms with Gasteiger partial charge in [0.15, 0.2) is 5.82 Å². The molecule has 0 bridgehead atoms. The summed E-state index contributed by atoms with van der Waals surface area (Å²) in [5.74, 6) is -0.0437. The average Bonchev–Trinajstić information content (AvgIpc) is 2.33. The molecule has 0 aliphatic heterocycles. The molecule has 3 N–H and O–H groups in total. The van der Waals surface area contributed by atoms with E-state index in [4.69, 9.17) is 29.6 Å². The van der Waals surface area contributed by atoms with Gasteiger partial charge in [-0.1, -0.05) is 23.8 Å². The largest absolute Gasteiger partial charge is 0.389 e. The molecule has 0 aliphatic carbocycles. The number of benzene rings is 1. The van der Waals surface area contributed by atoms with E-state index in [9.17, 15) is 4.39 Å². The minimum atomic E-state index is -0.417. The van der Waals surface area contributed by atoms with Crippen molar-refractivity contribution in [3.8, 4) is 0 Å². The fourth-order valence-corrected chi connectivity index (χ4v) is 1.72. The highest BCUT2D eigenvalue weighted by atomic mass is 35.5. The number of halogens is 2. The van der Waals surface area contributed by atoms with Crippen molar-refractivity contribution in [1.82, 2.24) is 10.2 Å². The van der Waals surface area contributed by atoms with Crippen LogP contribution in [0.5, 0.6) is 0 Å². The number of hydrogen-bond donors (Lipinski definition) is 2. The Bertz CT molecular complexity index is 605. The third kappa shape index (κ3) is 2.72. The zero-order valence-corrected chi connectivity index (χ0v) is 10.6. The lowest BCUT2D eigenvalue weighted by Crippen LogP contribution is -2.13. The van der Waals surface area contributed by atoms with Crippen molar-refractivity contribution in [2.45, 2.75) is 0 Å². The van der Waals surface area contributed by atoms with Gasteiger partial charge in [-0.15, -0.1) is 5.10 Å². The van der Waals surface area contributed by atoms with Crippen LogP contribution in [0, 0.1) is 5.82 Å². The van der Waals surface area contributed by atoms with Crippen LogP contribution in [0.4, 0.5) is 15.9 Å². The number of aromatic nitrogens is 2. The van der Waals surface area contributed by atoms with Crippen LogP contribution in [0.2, 0.25) is 5.02 Å². The Hall–Kier alpha value is -1.79. The first-order valence-electron chi connectivity index (χ1n) is 4.91. The van der Waals surface area contributed by atoms with Gasteiger partial charge in [0.25, 0.3) is 0 Å². The van der Waals surface area contributed by atoms with E-state index in [1.54, 1.807) is 6.07 Å². The van der Waals surface area contributed by atoms with Gasteiger partial charge in [-0.25, -0.2) is 4.39 Å². The predicted octanol–water partition coefficient (Wildman–Crippen LogP) is 2.65. The molecular weight excluding hydrogens is 275 g/mol. The molecule has 0 saturated heterocycles. The summed E-state index contributed by atoms with van der Waals surface area (Å²) in [5, 5.41) is 10.7. The first kappa shape index (κ1) is 12.7. The van der Waals surface area contributed by atoms with Crippen LogP contribution in [-0.2, 0) is 0 Å². The monoisotopic (exact) mass is 282 g/mol. The van der Waals surface area contributed by atoms with Crippen LogP contribution in [-0.4, -0.2) is 15.2 Å². The van der Waals surface area contributed by atoms with Gasteiger partial charge in [0.1, 0.15) is 10.8 Å². The maximum absolute atomic E-state index is 12.9. The minimum absolute atomic E-state index is 0.186. The number of hydrogen-bond acceptors (Lipinski definition) is 4. The molecule has 2 rings (SSSR count). The van der Waals surface area contributed by atoms with E-state index in [1.165, 1.54) is 24.4 Å². The second-order valence-corrected chi connectivity index (χ2v) is 4.25. The fourth-order valence-electron chi connectivity index (χ4n) is 1.34. The number of anilines is 2. The summed E-state index contributed by atoms with van der Waals surface area (Å²) >= 11 is 10.8. The Morgan fingerprint density at radius 3 is 2.83 bits per heavy atom. The SMILES string of the molecule is NC(=S)c1ccnnc1Nc1ccc(F)cc1Cl. The van der Waals surface area contributed by atoms with Crippen LogP contribution >= 0.6 is 23.8 Å². The van der Waals surface area contributed by atoms with E-state index in [0.717, 1.165) is 0 Å². The lowest BCUT2D eigenvalue weighted by Gasteiger charge is -2.10. The first-order valence-corrected chi connectivity index (χ1v) is 5.70. The molecule has 4 nitrogen and oxygen atoms in total. The topological polar surface area (TPSA) is 63.8 Å². The molecule has 1 heterocycles. The highest BCUT2D eigenvalue weighted by Gasteiger charge is 2.09. The molecule has 0 aliphatic rings. The van der Waals surface area contributed by atoms with Crippen molar-refractivity contribution < 1.29 is 4.39 Å². The molecule has 0 fully saturated rings. The van der Waals surface area contributed by atoms with Gasteiger partial charge < -0.3 is 11.1 Å². The number of nitrogens with zero attached hydrogens (tertiary/aromatic N) is 2. The van der Waals surface area contributed by atoms with Gasteiger partial charge in [-0.05, 0) is 24.3 Å². The summed E-state index contributed by atoms with van der Waals surface area (Å²) in [6.07, 6.45) is 1.48. The maximum atomic E-state index is 12.9. The number of nitrogens with two attached hydrogens (primary N) is 1.